The highest BCUT2D eigenvalue weighted by Gasteiger charge is 2.09. The van der Waals surface area contributed by atoms with E-state index < -0.39 is 10.0 Å². The smallest absolute Gasteiger partial charge is 0.251 e. The molecule has 0 aliphatic heterocycles. The Labute approximate surface area is 164 Å². The summed E-state index contributed by atoms with van der Waals surface area (Å²) in [6.07, 6.45) is 0.566. The molecule has 0 saturated carbocycles. The van der Waals surface area contributed by atoms with Gasteiger partial charge in [0.15, 0.2) is 0 Å². The van der Waals surface area contributed by atoms with Crippen molar-refractivity contribution in [3.05, 3.63) is 90.0 Å². The van der Waals surface area contributed by atoms with Gasteiger partial charge < -0.3 is 10.1 Å². The molecule has 0 atom stereocenters. The molecule has 144 valence electrons. The normalized spacial score (nSPS) is 11.0. The lowest BCUT2D eigenvalue weighted by molar-refractivity contribution is 0.0954. The van der Waals surface area contributed by atoms with E-state index in [9.17, 15) is 13.2 Å². The van der Waals surface area contributed by atoms with Crippen LogP contribution in [0.15, 0.2) is 83.8 Å². The molecule has 3 rings (SSSR count). The molecule has 3 N–H and O–H groups in total. The minimum absolute atomic E-state index is 0.0653. The SMILES string of the molecule is NS(=O)(=O)c1ccc(CCNC(=O)c2cccc(Oc3ccccc3)c2)cc1. The van der Waals surface area contributed by atoms with Crippen molar-refractivity contribution >= 4 is 15.9 Å². The van der Waals surface area contributed by atoms with E-state index in [2.05, 4.69) is 5.32 Å². The molecule has 3 aromatic carbocycles. The summed E-state index contributed by atoms with van der Waals surface area (Å²) in [5.41, 5.74) is 1.40. The van der Waals surface area contributed by atoms with Crippen molar-refractivity contribution in [1.29, 1.82) is 0 Å². The molecular weight excluding hydrogens is 376 g/mol. The molecule has 0 unspecified atom stereocenters. The highest BCUT2D eigenvalue weighted by molar-refractivity contribution is 7.89. The van der Waals surface area contributed by atoms with Crippen LogP contribution in [0.4, 0.5) is 0 Å². The zero-order valence-electron chi connectivity index (χ0n) is 15.0. The van der Waals surface area contributed by atoms with Crippen molar-refractivity contribution in [2.75, 3.05) is 6.54 Å². The molecule has 0 bridgehead atoms. The Kier molecular flexibility index (Phi) is 6.08. The largest absolute Gasteiger partial charge is 0.457 e. The second-order valence-electron chi connectivity index (χ2n) is 6.14. The molecule has 0 aliphatic carbocycles. The van der Waals surface area contributed by atoms with Crippen LogP contribution in [0.25, 0.3) is 0 Å². The van der Waals surface area contributed by atoms with Crippen LogP contribution in [0.1, 0.15) is 15.9 Å². The zero-order chi connectivity index (χ0) is 20.0. The fraction of sp³-hybridized carbons (Fsp3) is 0.0952. The van der Waals surface area contributed by atoms with E-state index in [-0.39, 0.29) is 10.8 Å². The quantitative estimate of drug-likeness (QED) is 0.641. The van der Waals surface area contributed by atoms with Crippen molar-refractivity contribution in [2.24, 2.45) is 5.14 Å². The Morgan fingerprint density at radius 2 is 1.57 bits per heavy atom. The second kappa shape index (κ2) is 8.69. The maximum Gasteiger partial charge on any atom is 0.251 e. The first-order valence-corrected chi connectivity index (χ1v) is 10.2. The van der Waals surface area contributed by atoms with E-state index in [0.29, 0.717) is 30.0 Å². The number of amides is 1. The molecule has 6 nitrogen and oxygen atoms in total. The highest BCUT2D eigenvalue weighted by Crippen LogP contribution is 2.21. The number of ether oxygens (including phenoxy) is 1. The van der Waals surface area contributed by atoms with Crippen molar-refractivity contribution in [3.8, 4) is 11.5 Å². The van der Waals surface area contributed by atoms with E-state index in [1.807, 2.05) is 30.3 Å². The minimum atomic E-state index is -3.70. The summed E-state index contributed by atoms with van der Waals surface area (Å²) < 4.78 is 28.3. The third kappa shape index (κ3) is 5.42. The number of sulfonamides is 1. The number of carbonyl (C=O) groups excluding carboxylic acids is 1. The second-order valence-corrected chi connectivity index (χ2v) is 7.70. The Hall–Kier alpha value is -3.16. The molecule has 0 aromatic heterocycles. The molecule has 0 fully saturated rings. The number of nitrogens with one attached hydrogen (secondary N) is 1. The van der Waals surface area contributed by atoms with Crippen LogP contribution in [-0.4, -0.2) is 20.9 Å². The molecule has 0 spiro atoms. The molecule has 7 heteroatoms. The van der Waals surface area contributed by atoms with Crippen LogP contribution in [0.5, 0.6) is 11.5 Å². The number of primary sulfonamides is 1. The first-order chi connectivity index (χ1) is 13.4. The summed E-state index contributed by atoms with van der Waals surface area (Å²) in [7, 11) is -3.70. The van der Waals surface area contributed by atoms with Gasteiger partial charge in [0.2, 0.25) is 10.0 Å². The van der Waals surface area contributed by atoms with Crippen LogP contribution in [0, 0.1) is 0 Å². The summed E-state index contributed by atoms with van der Waals surface area (Å²) >= 11 is 0. The number of benzene rings is 3. The maximum absolute atomic E-state index is 12.4. The average Bonchev–Trinajstić information content (AvgIpc) is 2.68. The molecular formula is C21H20N2O4S. The molecule has 1 amide bonds. The molecule has 0 heterocycles. The lowest BCUT2D eigenvalue weighted by Crippen LogP contribution is -2.25. The molecule has 3 aromatic rings. The third-order valence-corrected chi connectivity index (χ3v) is 4.96. The maximum atomic E-state index is 12.4. The summed E-state index contributed by atoms with van der Waals surface area (Å²) in [6.45, 7) is 0.414. The Morgan fingerprint density at radius 3 is 2.25 bits per heavy atom. The van der Waals surface area contributed by atoms with Crippen LogP contribution >= 0.6 is 0 Å². The van der Waals surface area contributed by atoms with Crippen molar-refractivity contribution in [2.45, 2.75) is 11.3 Å². The monoisotopic (exact) mass is 396 g/mol. The van der Waals surface area contributed by atoms with E-state index >= 15 is 0 Å². The first kappa shape index (κ1) is 19.6. The van der Waals surface area contributed by atoms with Crippen LogP contribution in [-0.2, 0) is 16.4 Å². The number of nitrogens with two attached hydrogens (primary N) is 1. The standard InChI is InChI=1S/C21H20N2O4S/c22-28(25,26)20-11-9-16(10-12-20)13-14-23-21(24)17-5-4-8-19(15-17)27-18-6-2-1-3-7-18/h1-12,15H,13-14H2,(H,23,24)(H2,22,25,26). The fourth-order valence-corrected chi connectivity index (χ4v) is 3.11. The Balaban J connectivity index is 1.55. The number of para-hydroxylation sites is 1. The van der Waals surface area contributed by atoms with Crippen molar-refractivity contribution < 1.29 is 17.9 Å². The summed E-state index contributed by atoms with van der Waals surface area (Å²) in [6, 6.07) is 22.6. The topological polar surface area (TPSA) is 98.5 Å². The van der Waals surface area contributed by atoms with Crippen molar-refractivity contribution in [3.63, 3.8) is 0 Å². The number of rotatable bonds is 7. The van der Waals surface area contributed by atoms with Gasteiger partial charge in [-0.05, 0) is 54.4 Å². The molecule has 28 heavy (non-hydrogen) atoms. The van der Waals surface area contributed by atoms with Gasteiger partial charge in [-0.1, -0.05) is 36.4 Å². The minimum Gasteiger partial charge on any atom is -0.457 e. The van der Waals surface area contributed by atoms with Gasteiger partial charge in [0.1, 0.15) is 11.5 Å². The first-order valence-electron chi connectivity index (χ1n) is 8.65. The van der Waals surface area contributed by atoms with Gasteiger partial charge in [-0.15, -0.1) is 0 Å². The number of hydrogen-bond acceptors (Lipinski definition) is 4. The van der Waals surface area contributed by atoms with Gasteiger partial charge in [-0.25, -0.2) is 13.6 Å². The lowest BCUT2D eigenvalue weighted by Gasteiger charge is -2.09. The van der Waals surface area contributed by atoms with Gasteiger partial charge >= 0.3 is 0 Å². The summed E-state index contributed by atoms with van der Waals surface area (Å²) in [4.78, 5) is 12.4. The number of hydrogen-bond donors (Lipinski definition) is 2. The van der Waals surface area contributed by atoms with Crippen LogP contribution in [0.3, 0.4) is 0 Å². The summed E-state index contributed by atoms with van der Waals surface area (Å²) in [5, 5.41) is 7.92. The van der Waals surface area contributed by atoms with Gasteiger partial charge in [-0.3, -0.25) is 4.79 Å². The van der Waals surface area contributed by atoms with E-state index in [4.69, 9.17) is 9.88 Å². The lowest BCUT2D eigenvalue weighted by atomic mass is 10.1. The average molecular weight is 396 g/mol. The molecule has 0 radical (unpaired) electrons. The van der Waals surface area contributed by atoms with Gasteiger partial charge in [0.05, 0.1) is 4.90 Å². The zero-order valence-corrected chi connectivity index (χ0v) is 15.9. The van der Waals surface area contributed by atoms with Crippen LogP contribution in [0.2, 0.25) is 0 Å². The van der Waals surface area contributed by atoms with Gasteiger partial charge in [0.25, 0.3) is 5.91 Å². The van der Waals surface area contributed by atoms with Crippen LogP contribution < -0.4 is 15.2 Å². The third-order valence-electron chi connectivity index (χ3n) is 4.03. The van der Waals surface area contributed by atoms with Crippen molar-refractivity contribution in [1.82, 2.24) is 5.32 Å². The predicted molar refractivity (Wildman–Crippen MR) is 107 cm³/mol. The fourth-order valence-electron chi connectivity index (χ4n) is 2.59. The van der Waals surface area contributed by atoms with E-state index in [1.165, 1.54) is 12.1 Å². The van der Waals surface area contributed by atoms with Gasteiger partial charge in [-0.2, -0.15) is 0 Å². The predicted octanol–water partition coefficient (Wildman–Crippen LogP) is 3.10. The molecule has 0 aliphatic rings. The van der Waals surface area contributed by atoms with E-state index in [1.54, 1.807) is 36.4 Å². The molecule has 0 saturated heterocycles. The summed E-state index contributed by atoms with van der Waals surface area (Å²) in [5.74, 6) is 1.07. The number of carbonyl (C=O) groups is 1. The Morgan fingerprint density at radius 1 is 0.893 bits per heavy atom. The highest BCUT2D eigenvalue weighted by atomic mass is 32.2. The Bertz CT molecular complexity index is 1050. The van der Waals surface area contributed by atoms with E-state index in [0.717, 1.165) is 5.56 Å². The van der Waals surface area contributed by atoms with Gasteiger partial charge in [0, 0.05) is 12.1 Å².